The van der Waals surface area contributed by atoms with Gasteiger partial charge in [0.25, 0.3) is 5.91 Å². The van der Waals surface area contributed by atoms with Crippen LogP contribution in [0.2, 0.25) is 0 Å². The minimum absolute atomic E-state index is 0.171. The summed E-state index contributed by atoms with van der Waals surface area (Å²) < 4.78 is 23.8. The Morgan fingerprint density at radius 3 is 2.56 bits per heavy atom. The highest BCUT2D eigenvalue weighted by atomic mass is 19.1. The molecular weight excluding hydrogens is 351 g/mol. The van der Waals surface area contributed by atoms with Crippen molar-refractivity contribution in [2.75, 3.05) is 26.0 Å². The van der Waals surface area contributed by atoms with Gasteiger partial charge in [-0.15, -0.1) is 0 Å². The third kappa shape index (κ3) is 3.92. The van der Waals surface area contributed by atoms with Gasteiger partial charge >= 0.3 is 0 Å². The number of carbonyl (C=O) groups excluding carboxylic acids is 2. The van der Waals surface area contributed by atoms with Gasteiger partial charge in [-0.25, -0.2) is 4.39 Å². The molecule has 0 spiro atoms. The number of furan rings is 1. The first-order valence-corrected chi connectivity index (χ1v) is 8.27. The van der Waals surface area contributed by atoms with Crippen molar-refractivity contribution < 1.29 is 23.1 Å². The van der Waals surface area contributed by atoms with Crippen LogP contribution in [0.3, 0.4) is 0 Å². The number of nitrogens with zero attached hydrogens (tertiary/aromatic N) is 1. The molecule has 3 aromatic rings. The number of anilines is 1. The highest BCUT2D eigenvalue weighted by molar-refractivity contribution is 6.01. The second-order valence-corrected chi connectivity index (χ2v) is 6.13. The van der Waals surface area contributed by atoms with Crippen LogP contribution in [0.5, 0.6) is 5.75 Å². The first kappa shape index (κ1) is 18.4. The van der Waals surface area contributed by atoms with Gasteiger partial charge < -0.3 is 19.4 Å². The molecule has 1 aromatic heterocycles. The maximum atomic E-state index is 12.9. The summed E-state index contributed by atoms with van der Waals surface area (Å²) in [5, 5.41) is 3.40. The topological polar surface area (TPSA) is 71.8 Å². The highest BCUT2D eigenvalue weighted by Gasteiger charge is 2.22. The summed E-state index contributed by atoms with van der Waals surface area (Å²) in [6.07, 6.45) is 0. The molecule has 0 aliphatic rings. The Morgan fingerprint density at radius 2 is 1.89 bits per heavy atom. The summed E-state index contributed by atoms with van der Waals surface area (Å²) in [6, 6.07) is 10.7. The Labute approximate surface area is 155 Å². The fourth-order valence-electron chi connectivity index (χ4n) is 2.73. The van der Waals surface area contributed by atoms with Crippen LogP contribution < -0.4 is 10.1 Å². The molecule has 0 unspecified atom stereocenters. The van der Waals surface area contributed by atoms with E-state index in [1.807, 2.05) is 0 Å². The molecule has 1 heterocycles. The molecule has 0 bridgehead atoms. The minimum Gasteiger partial charge on any atom is -0.497 e. The number of carbonyl (C=O) groups is 2. The summed E-state index contributed by atoms with van der Waals surface area (Å²) in [5.74, 6) is -0.352. The Hall–Kier alpha value is -3.35. The number of amides is 2. The van der Waals surface area contributed by atoms with Crippen LogP contribution in [-0.2, 0) is 4.79 Å². The molecule has 0 fully saturated rings. The van der Waals surface area contributed by atoms with E-state index in [1.165, 1.54) is 36.2 Å². The van der Waals surface area contributed by atoms with Crippen LogP contribution in [0.1, 0.15) is 16.1 Å². The smallest absolute Gasteiger partial charge is 0.290 e. The second-order valence-electron chi connectivity index (χ2n) is 6.13. The van der Waals surface area contributed by atoms with E-state index in [0.717, 1.165) is 5.39 Å². The van der Waals surface area contributed by atoms with E-state index in [9.17, 15) is 14.0 Å². The standard InChI is InChI=1S/C20H19FN2O4/c1-12-16-10-15(26-3)8-9-17(16)27-19(12)20(25)23(2)11-18(24)22-14-6-4-13(21)5-7-14/h4-10H,11H2,1-3H3,(H,22,24). The lowest BCUT2D eigenvalue weighted by atomic mass is 10.1. The molecule has 2 amide bonds. The average Bonchev–Trinajstić information content (AvgIpc) is 2.99. The zero-order valence-electron chi connectivity index (χ0n) is 15.2. The van der Waals surface area contributed by atoms with E-state index < -0.39 is 17.6 Å². The number of methoxy groups -OCH3 is 1. The van der Waals surface area contributed by atoms with Gasteiger partial charge in [0.2, 0.25) is 5.91 Å². The number of halogens is 1. The van der Waals surface area contributed by atoms with Crippen molar-refractivity contribution in [3.63, 3.8) is 0 Å². The number of ether oxygens (including phenoxy) is 1. The molecule has 27 heavy (non-hydrogen) atoms. The number of hydrogen-bond donors (Lipinski definition) is 1. The maximum Gasteiger partial charge on any atom is 0.290 e. The molecule has 6 nitrogen and oxygen atoms in total. The molecule has 7 heteroatoms. The van der Waals surface area contributed by atoms with Crippen molar-refractivity contribution in [3.05, 3.63) is 59.6 Å². The Balaban J connectivity index is 1.73. The van der Waals surface area contributed by atoms with Crippen LogP contribution in [0.4, 0.5) is 10.1 Å². The quantitative estimate of drug-likeness (QED) is 0.745. The first-order valence-electron chi connectivity index (χ1n) is 8.27. The maximum absolute atomic E-state index is 12.9. The van der Waals surface area contributed by atoms with Crippen molar-refractivity contribution >= 4 is 28.5 Å². The zero-order valence-corrected chi connectivity index (χ0v) is 15.2. The third-order valence-electron chi connectivity index (χ3n) is 4.19. The van der Waals surface area contributed by atoms with Crippen LogP contribution in [0, 0.1) is 12.7 Å². The predicted octanol–water partition coefficient (Wildman–Crippen LogP) is 3.60. The van der Waals surface area contributed by atoms with Gasteiger partial charge in [0.05, 0.1) is 13.7 Å². The Kier molecular flexibility index (Phi) is 5.12. The van der Waals surface area contributed by atoms with Crippen LogP contribution in [-0.4, -0.2) is 37.4 Å². The fraction of sp³-hybridized carbons (Fsp3) is 0.200. The summed E-state index contributed by atoms with van der Waals surface area (Å²) in [4.78, 5) is 26.1. The van der Waals surface area contributed by atoms with Crippen LogP contribution in [0.15, 0.2) is 46.9 Å². The third-order valence-corrected chi connectivity index (χ3v) is 4.19. The lowest BCUT2D eigenvalue weighted by Crippen LogP contribution is -2.35. The molecule has 2 aromatic carbocycles. The number of benzene rings is 2. The first-order chi connectivity index (χ1) is 12.9. The number of hydrogen-bond acceptors (Lipinski definition) is 4. The van der Waals surface area contributed by atoms with Crippen molar-refractivity contribution in [3.8, 4) is 5.75 Å². The summed E-state index contributed by atoms with van der Waals surface area (Å²) in [7, 11) is 3.08. The van der Waals surface area contributed by atoms with E-state index in [1.54, 1.807) is 32.2 Å². The van der Waals surface area contributed by atoms with Gasteiger partial charge in [-0.3, -0.25) is 9.59 Å². The summed E-state index contributed by atoms with van der Waals surface area (Å²) in [5.41, 5.74) is 1.70. The van der Waals surface area contributed by atoms with Gasteiger partial charge in [0.15, 0.2) is 5.76 Å². The van der Waals surface area contributed by atoms with Crippen molar-refractivity contribution in [2.24, 2.45) is 0 Å². The molecule has 1 N–H and O–H groups in total. The molecule has 0 radical (unpaired) electrons. The number of nitrogens with one attached hydrogen (secondary N) is 1. The molecule has 140 valence electrons. The van der Waals surface area contributed by atoms with Crippen molar-refractivity contribution in [1.82, 2.24) is 4.90 Å². The highest BCUT2D eigenvalue weighted by Crippen LogP contribution is 2.29. The monoisotopic (exact) mass is 370 g/mol. The minimum atomic E-state index is -0.406. The van der Waals surface area contributed by atoms with Gasteiger partial charge in [-0.1, -0.05) is 0 Å². The number of likely N-dealkylation sites (N-methyl/N-ethyl adjacent to an activating group) is 1. The van der Waals surface area contributed by atoms with E-state index in [0.29, 0.717) is 22.6 Å². The molecule has 0 saturated heterocycles. The predicted molar refractivity (Wildman–Crippen MR) is 99.5 cm³/mol. The van der Waals surface area contributed by atoms with Gasteiger partial charge in [-0.2, -0.15) is 0 Å². The van der Waals surface area contributed by atoms with E-state index >= 15 is 0 Å². The van der Waals surface area contributed by atoms with E-state index in [2.05, 4.69) is 5.32 Å². The Morgan fingerprint density at radius 1 is 1.19 bits per heavy atom. The molecule has 0 atom stereocenters. The second kappa shape index (κ2) is 7.49. The summed E-state index contributed by atoms with van der Waals surface area (Å²) in [6.45, 7) is 1.61. The molecule has 3 rings (SSSR count). The van der Waals surface area contributed by atoms with Gasteiger partial charge in [0.1, 0.15) is 17.1 Å². The normalized spacial score (nSPS) is 10.7. The lowest BCUT2D eigenvalue weighted by Gasteiger charge is -2.16. The largest absolute Gasteiger partial charge is 0.497 e. The number of aryl methyl sites for hydroxylation is 1. The SMILES string of the molecule is COc1ccc2oc(C(=O)N(C)CC(=O)Nc3ccc(F)cc3)c(C)c2c1. The van der Waals surface area contributed by atoms with E-state index in [-0.39, 0.29) is 12.3 Å². The van der Waals surface area contributed by atoms with Crippen LogP contribution >= 0.6 is 0 Å². The lowest BCUT2D eigenvalue weighted by molar-refractivity contribution is -0.116. The molecule has 0 aliphatic carbocycles. The Bertz CT molecular complexity index is 995. The van der Waals surface area contributed by atoms with E-state index in [4.69, 9.17) is 9.15 Å². The van der Waals surface area contributed by atoms with Gasteiger partial charge in [-0.05, 0) is 49.4 Å². The van der Waals surface area contributed by atoms with Gasteiger partial charge in [0, 0.05) is 23.7 Å². The fourth-order valence-corrected chi connectivity index (χ4v) is 2.73. The van der Waals surface area contributed by atoms with Crippen molar-refractivity contribution in [1.29, 1.82) is 0 Å². The molecule has 0 saturated carbocycles. The number of fused-ring (bicyclic) bond motifs is 1. The number of rotatable bonds is 5. The molecule has 0 aliphatic heterocycles. The summed E-state index contributed by atoms with van der Waals surface area (Å²) >= 11 is 0. The molecular formula is C20H19FN2O4. The van der Waals surface area contributed by atoms with Crippen molar-refractivity contribution in [2.45, 2.75) is 6.92 Å². The van der Waals surface area contributed by atoms with Crippen LogP contribution in [0.25, 0.3) is 11.0 Å². The average molecular weight is 370 g/mol. The zero-order chi connectivity index (χ0) is 19.6.